The number of ketones is 1. The molecule has 0 saturated heterocycles. The molecular formula is C21H24BrNO5. The lowest BCUT2D eigenvalue weighted by Crippen LogP contribution is -2.37. The van der Waals surface area contributed by atoms with Crippen molar-refractivity contribution in [1.82, 2.24) is 0 Å². The summed E-state index contributed by atoms with van der Waals surface area (Å²) in [5, 5.41) is 10.2. The van der Waals surface area contributed by atoms with Crippen molar-refractivity contribution < 1.29 is 24.2 Å². The van der Waals surface area contributed by atoms with E-state index in [4.69, 9.17) is 9.47 Å². The van der Waals surface area contributed by atoms with Crippen molar-refractivity contribution in [3.63, 3.8) is 0 Å². The van der Waals surface area contributed by atoms with Gasteiger partial charge in [0.05, 0.1) is 18.2 Å². The van der Waals surface area contributed by atoms with Crippen LogP contribution in [0.4, 0.5) is 0 Å². The molecule has 0 saturated carbocycles. The average molecular weight is 450 g/mol. The van der Waals surface area contributed by atoms with Crippen LogP contribution in [-0.2, 0) is 14.3 Å². The fourth-order valence-corrected chi connectivity index (χ4v) is 4.35. The second-order valence-corrected chi connectivity index (χ2v) is 7.92. The Bertz CT molecular complexity index is 874. The maximum atomic E-state index is 12.9. The van der Waals surface area contributed by atoms with Crippen LogP contribution in [0.5, 0.6) is 11.5 Å². The molecule has 1 heterocycles. The van der Waals surface area contributed by atoms with Gasteiger partial charge in [0.1, 0.15) is 5.92 Å². The molecule has 0 bridgehead atoms. The van der Waals surface area contributed by atoms with Crippen LogP contribution in [-0.4, -0.2) is 36.3 Å². The van der Waals surface area contributed by atoms with Crippen LogP contribution in [0.1, 0.15) is 51.0 Å². The van der Waals surface area contributed by atoms with Crippen LogP contribution in [0.3, 0.4) is 0 Å². The quantitative estimate of drug-likeness (QED) is 0.677. The lowest BCUT2D eigenvalue weighted by molar-refractivity contribution is -0.146. The molecule has 7 heteroatoms. The lowest BCUT2D eigenvalue weighted by Gasteiger charge is -2.34. The lowest BCUT2D eigenvalue weighted by atomic mass is 9.71. The standard InChI is InChI=1S/C21H24BrNO5/c1-4-8-28-21(26)17-11(2)23-14-6-5-7-15(24)19(14)18(17)12-9-13(22)20(25)16(10-12)27-3/h9-10,17-18,25H,4-8H2,1-3H3/t17?,18-/m1/s1. The van der Waals surface area contributed by atoms with Crippen molar-refractivity contribution in [2.24, 2.45) is 10.9 Å². The molecule has 2 atom stereocenters. The number of allylic oxidation sites excluding steroid dienone is 2. The van der Waals surface area contributed by atoms with Crippen molar-refractivity contribution in [1.29, 1.82) is 0 Å². The van der Waals surface area contributed by atoms with Crippen molar-refractivity contribution in [2.75, 3.05) is 13.7 Å². The monoisotopic (exact) mass is 449 g/mol. The van der Waals surface area contributed by atoms with Gasteiger partial charge in [0.25, 0.3) is 0 Å². The first-order valence-corrected chi connectivity index (χ1v) is 10.2. The van der Waals surface area contributed by atoms with Gasteiger partial charge in [-0.25, -0.2) is 0 Å². The first-order chi connectivity index (χ1) is 13.4. The summed E-state index contributed by atoms with van der Waals surface area (Å²) < 4.78 is 11.2. The Morgan fingerprint density at radius 1 is 1.36 bits per heavy atom. The largest absolute Gasteiger partial charge is 0.503 e. The SMILES string of the molecule is CCCOC(=O)C1C(C)=NC2=C(C(=O)CCC2)[C@@H]1c1cc(Br)c(O)c(OC)c1. The summed E-state index contributed by atoms with van der Waals surface area (Å²) in [5.41, 5.74) is 2.68. The number of halogens is 1. The molecule has 0 aromatic heterocycles. The average Bonchev–Trinajstić information content (AvgIpc) is 2.67. The Labute approximate surface area is 172 Å². The van der Waals surface area contributed by atoms with Crippen LogP contribution >= 0.6 is 15.9 Å². The zero-order valence-corrected chi connectivity index (χ0v) is 17.8. The number of ether oxygens (including phenoxy) is 2. The van der Waals surface area contributed by atoms with E-state index >= 15 is 0 Å². The molecule has 1 aromatic carbocycles. The smallest absolute Gasteiger partial charge is 0.315 e. The summed E-state index contributed by atoms with van der Waals surface area (Å²) in [6.07, 6.45) is 2.62. The molecule has 0 radical (unpaired) electrons. The Morgan fingerprint density at radius 2 is 2.11 bits per heavy atom. The minimum atomic E-state index is -0.687. The molecule has 2 aliphatic rings. The van der Waals surface area contributed by atoms with Gasteiger partial charge in [-0.15, -0.1) is 0 Å². The third-order valence-electron chi connectivity index (χ3n) is 5.17. The molecule has 1 aromatic rings. The Balaban J connectivity index is 2.17. The molecule has 1 N–H and O–H groups in total. The summed E-state index contributed by atoms with van der Waals surface area (Å²) in [6.45, 7) is 4.05. The molecule has 3 rings (SSSR count). The summed E-state index contributed by atoms with van der Waals surface area (Å²) in [5.74, 6) is -1.33. The number of aliphatic imine (C=N–C) groups is 1. The van der Waals surface area contributed by atoms with Gasteiger partial charge in [0.15, 0.2) is 17.3 Å². The molecule has 150 valence electrons. The number of phenols is 1. The van der Waals surface area contributed by atoms with Crippen LogP contribution in [0, 0.1) is 5.92 Å². The molecule has 1 unspecified atom stereocenters. The van der Waals surface area contributed by atoms with E-state index in [1.807, 2.05) is 6.92 Å². The van der Waals surface area contributed by atoms with Crippen molar-refractivity contribution in [3.8, 4) is 11.5 Å². The topological polar surface area (TPSA) is 85.2 Å². The summed E-state index contributed by atoms with van der Waals surface area (Å²) in [4.78, 5) is 30.4. The molecule has 1 aliphatic heterocycles. The van der Waals surface area contributed by atoms with E-state index in [1.165, 1.54) is 7.11 Å². The maximum absolute atomic E-state index is 12.9. The number of hydrogen-bond donors (Lipinski definition) is 1. The van der Waals surface area contributed by atoms with Gasteiger partial charge < -0.3 is 14.6 Å². The predicted molar refractivity (Wildman–Crippen MR) is 109 cm³/mol. The molecular weight excluding hydrogens is 426 g/mol. The van der Waals surface area contributed by atoms with Gasteiger partial charge in [-0.1, -0.05) is 6.92 Å². The third kappa shape index (κ3) is 3.72. The van der Waals surface area contributed by atoms with Gasteiger partial charge in [-0.2, -0.15) is 0 Å². The first-order valence-electron chi connectivity index (χ1n) is 9.43. The van der Waals surface area contributed by atoms with Crippen molar-refractivity contribution >= 4 is 33.4 Å². The highest BCUT2D eigenvalue weighted by Gasteiger charge is 2.43. The minimum Gasteiger partial charge on any atom is -0.503 e. The molecule has 0 amide bonds. The van der Waals surface area contributed by atoms with Gasteiger partial charge in [0.2, 0.25) is 0 Å². The van der Waals surface area contributed by atoms with Crippen LogP contribution in [0.25, 0.3) is 0 Å². The Morgan fingerprint density at radius 3 is 2.79 bits per heavy atom. The number of carbonyl (C=O) groups excluding carboxylic acids is 2. The second kappa shape index (κ2) is 8.47. The van der Waals surface area contributed by atoms with E-state index in [0.717, 1.165) is 12.1 Å². The van der Waals surface area contributed by atoms with E-state index in [9.17, 15) is 14.7 Å². The van der Waals surface area contributed by atoms with Gasteiger partial charge in [0, 0.05) is 29.3 Å². The molecule has 0 fully saturated rings. The molecule has 6 nitrogen and oxygen atoms in total. The minimum absolute atomic E-state index is 0.0129. The predicted octanol–water partition coefficient (Wildman–Crippen LogP) is 4.30. The van der Waals surface area contributed by atoms with Crippen molar-refractivity contribution in [2.45, 2.75) is 45.4 Å². The van der Waals surface area contributed by atoms with Crippen LogP contribution in [0.15, 0.2) is 32.9 Å². The van der Waals surface area contributed by atoms with Crippen molar-refractivity contribution in [3.05, 3.63) is 33.4 Å². The van der Waals surface area contributed by atoms with E-state index in [0.29, 0.717) is 47.2 Å². The number of Topliss-reactive ketones (excluding diaryl/α,β-unsaturated/α-hetero) is 1. The zero-order chi connectivity index (χ0) is 20.4. The number of rotatable bonds is 5. The van der Waals surface area contributed by atoms with Crippen LogP contribution in [0.2, 0.25) is 0 Å². The highest BCUT2D eigenvalue weighted by molar-refractivity contribution is 9.10. The highest BCUT2D eigenvalue weighted by atomic mass is 79.9. The van der Waals surface area contributed by atoms with E-state index in [2.05, 4.69) is 20.9 Å². The Kier molecular flexibility index (Phi) is 6.23. The highest BCUT2D eigenvalue weighted by Crippen LogP contribution is 2.46. The summed E-state index contributed by atoms with van der Waals surface area (Å²) in [7, 11) is 1.46. The number of nitrogens with zero attached hydrogens (tertiary/aromatic N) is 1. The summed E-state index contributed by atoms with van der Waals surface area (Å²) in [6, 6.07) is 3.41. The summed E-state index contributed by atoms with van der Waals surface area (Å²) >= 11 is 3.34. The Hall–Kier alpha value is -2.15. The maximum Gasteiger partial charge on any atom is 0.315 e. The number of phenolic OH excluding ortho intramolecular Hbond substituents is 1. The van der Waals surface area contributed by atoms with Crippen LogP contribution < -0.4 is 4.74 Å². The van der Waals surface area contributed by atoms with Gasteiger partial charge >= 0.3 is 5.97 Å². The molecule has 0 spiro atoms. The van der Waals surface area contributed by atoms with E-state index < -0.39 is 11.8 Å². The third-order valence-corrected chi connectivity index (χ3v) is 5.77. The van der Waals surface area contributed by atoms with E-state index in [1.54, 1.807) is 19.1 Å². The molecule has 1 aliphatic carbocycles. The van der Waals surface area contributed by atoms with Gasteiger partial charge in [-0.05, 0) is 59.8 Å². The van der Waals surface area contributed by atoms with Gasteiger partial charge in [-0.3, -0.25) is 14.6 Å². The number of carbonyl (C=O) groups is 2. The number of hydrogen-bond acceptors (Lipinski definition) is 6. The number of benzene rings is 1. The first kappa shape index (κ1) is 20.6. The number of methoxy groups -OCH3 is 1. The fraction of sp³-hybridized carbons (Fsp3) is 0.476. The fourth-order valence-electron chi connectivity index (χ4n) is 3.89. The van der Waals surface area contributed by atoms with E-state index in [-0.39, 0.29) is 23.3 Å². The number of esters is 1. The normalized spacial score (nSPS) is 21.9. The second-order valence-electron chi connectivity index (χ2n) is 7.07. The zero-order valence-electron chi connectivity index (χ0n) is 16.3. The molecule has 28 heavy (non-hydrogen) atoms. The number of aromatic hydroxyl groups is 1.